The number of carboxylic acids is 1. The number of fused-ring (bicyclic) bond motifs is 7. The molecule has 9 heteroatoms. The molecule has 57 heavy (non-hydrogen) atoms. The van der Waals surface area contributed by atoms with Gasteiger partial charge in [-0.2, -0.15) is 0 Å². The van der Waals surface area contributed by atoms with Gasteiger partial charge in [0.2, 0.25) is 0 Å². The number of carboxylic acid groups (broad SMARTS) is 1. The van der Waals surface area contributed by atoms with Crippen molar-refractivity contribution in [3.8, 4) is 0 Å². The summed E-state index contributed by atoms with van der Waals surface area (Å²) in [6, 6.07) is 7.98. The second-order valence-corrected chi connectivity index (χ2v) is 22.1. The lowest BCUT2D eigenvalue weighted by Crippen LogP contribution is -2.66. The van der Waals surface area contributed by atoms with Crippen LogP contribution >= 0.6 is 11.6 Å². The van der Waals surface area contributed by atoms with Gasteiger partial charge in [0.05, 0.1) is 17.9 Å². The van der Waals surface area contributed by atoms with E-state index in [4.69, 9.17) is 16.3 Å². The third-order valence-corrected chi connectivity index (χ3v) is 17.5. The van der Waals surface area contributed by atoms with Gasteiger partial charge in [-0.15, -0.1) is 0 Å². The summed E-state index contributed by atoms with van der Waals surface area (Å²) in [7, 11) is 4.15. The molecule has 4 fully saturated rings. The second kappa shape index (κ2) is 15.6. The third-order valence-electron chi connectivity index (χ3n) is 17.1. The number of allylic oxidation sites excluding steroid dienone is 1. The minimum Gasteiger partial charge on any atom is -0.481 e. The van der Waals surface area contributed by atoms with E-state index >= 15 is 0 Å². The Kier molecular flexibility index (Phi) is 12.2. The fraction of sp³-hybridized carbons (Fsp3) is 0.771. The molecule has 0 spiro atoms. The Hall–Kier alpha value is -2.26. The number of likely N-dealkylation sites (N-methyl/N-ethyl adjacent to an activating group) is 1. The maximum absolute atomic E-state index is 14.3. The number of hydrogen-bond donors (Lipinski definition) is 2. The van der Waals surface area contributed by atoms with Gasteiger partial charge in [-0.25, -0.2) is 0 Å². The van der Waals surface area contributed by atoms with Gasteiger partial charge in [-0.3, -0.25) is 19.3 Å². The largest absolute Gasteiger partial charge is 0.481 e. The number of benzene rings is 1. The highest BCUT2D eigenvalue weighted by molar-refractivity contribution is 6.31. The number of Topliss-reactive ketones (excluding diaryl/α,β-unsaturated/α-hetero) is 1. The van der Waals surface area contributed by atoms with Crippen LogP contribution in [-0.4, -0.2) is 83.7 Å². The van der Waals surface area contributed by atoms with Crippen molar-refractivity contribution in [3.63, 3.8) is 0 Å². The van der Waals surface area contributed by atoms with E-state index in [1.54, 1.807) is 13.8 Å². The number of halogens is 1. The van der Waals surface area contributed by atoms with Gasteiger partial charge in [0.15, 0.2) is 5.78 Å². The number of ketones is 1. The molecule has 0 aromatic heterocycles. The first-order chi connectivity index (χ1) is 26.4. The number of aliphatic carboxylic acids is 1. The summed E-state index contributed by atoms with van der Waals surface area (Å²) in [5.74, 6) is -0.0237. The lowest BCUT2D eigenvalue weighted by molar-refractivity contribution is -0.235. The van der Waals surface area contributed by atoms with Gasteiger partial charge in [-0.05, 0) is 136 Å². The smallest absolute Gasteiger partial charge is 0.309 e. The van der Waals surface area contributed by atoms with Crippen molar-refractivity contribution < 1.29 is 29.3 Å². The van der Waals surface area contributed by atoms with Crippen LogP contribution in [-0.2, 0) is 25.7 Å². The molecule has 8 nitrogen and oxygen atoms in total. The van der Waals surface area contributed by atoms with Crippen molar-refractivity contribution in [1.29, 1.82) is 0 Å². The fourth-order valence-corrected chi connectivity index (χ4v) is 14.0. The molecule has 5 aliphatic carbocycles. The molecule has 4 saturated carbocycles. The minimum absolute atomic E-state index is 0.0336. The van der Waals surface area contributed by atoms with Crippen LogP contribution in [0.5, 0.6) is 0 Å². The van der Waals surface area contributed by atoms with Crippen LogP contribution < -0.4 is 0 Å². The minimum atomic E-state index is -1.17. The number of aliphatic hydroxyl groups is 1. The van der Waals surface area contributed by atoms with Gasteiger partial charge in [0.25, 0.3) is 0 Å². The van der Waals surface area contributed by atoms with Crippen molar-refractivity contribution in [2.75, 3.05) is 33.7 Å². The quantitative estimate of drug-likeness (QED) is 0.190. The molecule has 9 atom stereocenters. The van der Waals surface area contributed by atoms with E-state index < -0.39 is 28.9 Å². The average molecular weight is 810 g/mol. The summed E-state index contributed by atoms with van der Waals surface area (Å²) in [5.41, 5.74) is 1.39. The second-order valence-electron chi connectivity index (χ2n) is 21.7. The molecule has 0 radical (unpaired) electrons. The van der Waals surface area contributed by atoms with E-state index in [1.807, 2.05) is 18.2 Å². The number of carbonyl (C=O) groups is 3. The van der Waals surface area contributed by atoms with E-state index in [0.29, 0.717) is 31.3 Å². The van der Waals surface area contributed by atoms with E-state index in [0.717, 1.165) is 80.6 Å². The fourth-order valence-electron chi connectivity index (χ4n) is 13.8. The summed E-state index contributed by atoms with van der Waals surface area (Å²) in [6.07, 6.45) is 7.07. The number of rotatable bonds is 13. The van der Waals surface area contributed by atoms with E-state index in [-0.39, 0.29) is 51.8 Å². The Morgan fingerprint density at radius 3 is 2.25 bits per heavy atom. The standard InChI is InChI=1S/C48H73ClN2O6/c1-30(2)40-34(52)26-48(37(53)29-51(25-24-50(10)11)28-31-14-12-13-15-33(31)49)23-22-46(8)32(41(40)48)16-17-36-45(7)20-19-38(57-39(54)27-43(3,4)42(55)56)44(5,6)35(45)18-21-47(36,46)9/h12-15,30,32,35-38,53H,16-29H2,1-11H3,(H,55,56)/t32-,35?,36-,37-,38+,45+,46-,47-,48+/m1/s1. The molecule has 0 saturated heterocycles. The number of aliphatic hydroxyl groups excluding tert-OH is 1. The molecule has 0 heterocycles. The van der Waals surface area contributed by atoms with Crippen molar-refractivity contribution in [2.45, 2.75) is 145 Å². The number of esters is 1. The van der Waals surface area contributed by atoms with Crippen LogP contribution in [0.25, 0.3) is 0 Å². The summed E-state index contributed by atoms with van der Waals surface area (Å²) < 4.78 is 6.20. The van der Waals surface area contributed by atoms with Crippen molar-refractivity contribution in [2.24, 2.45) is 56.2 Å². The molecule has 6 rings (SSSR count). The maximum atomic E-state index is 14.3. The SMILES string of the molecule is CC(C)C1=C2[C@H]3CC[C@@H]4[C@@]5(C)CC[C@H](OC(=O)CC(C)(C)C(=O)O)C(C)(C)C5CC[C@@]4(C)[C@]3(C)CC[C@@]2([C@H](O)CN(CCN(C)C)Cc2ccccc2Cl)CC1=O. The van der Waals surface area contributed by atoms with E-state index in [1.165, 1.54) is 5.57 Å². The zero-order chi connectivity index (χ0) is 42.1. The average Bonchev–Trinajstić information content (AvgIpc) is 3.42. The normalized spacial score (nSPS) is 35.5. The first kappa shape index (κ1) is 44.3. The van der Waals surface area contributed by atoms with E-state index in [9.17, 15) is 24.6 Å². The number of hydrogen-bond acceptors (Lipinski definition) is 7. The Morgan fingerprint density at radius 1 is 0.930 bits per heavy atom. The molecular weight excluding hydrogens is 736 g/mol. The van der Waals surface area contributed by atoms with Crippen LogP contribution in [0.15, 0.2) is 35.4 Å². The third kappa shape index (κ3) is 7.47. The van der Waals surface area contributed by atoms with Crippen LogP contribution in [0, 0.1) is 56.2 Å². The monoisotopic (exact) mass is 809 g/mol. The van der Waals surface area contributed by atoms with Gasteiger partial charge in [-0.1, -0.05) is 83.8 Å². The predicted octanol–water partition coefficient (Wildman–Crippen LogP) is 9.46. The van der Waals surface area contributed by atoms with Crippen LogP contribution in [0.2, 0.25) is 5.02 Å². The summed E-state index contributed by atoms with van der Waals surface area (Å²) in [6.45, 7) is 22.5. The lowest BCUT2D eigenvalue weighted by atomic mass is 9.33. The van der Waals surface area contributed by atoms with Crippen molar-refractivity contribution in [1.82, 2.24) is 9.80 Å². The summed E-state index contributed by atoms with van der Waals surface area (Å²) >= 11 is 6.67. The first-order valence-electron chi connectivity index (χ1n) is 21.9. The topological polar surface area (TPSA) is 107 Å². The number of ether oxygens (including phenoxy) is 1. The highest BCUT2D eigenvalue weighted by Gasteiger charge is 2.71. The highest BCUT2D eigenvalue weighted by Crippen LogP contribution is 2.77. The predicted molar refractivity (Wildman–Crippen MR) is 227 cm³/mol. The Labute approximate surface area is 348 Å². The van der Waals surface area contributed by atoms with E-state index in [2.05, 4.69) is 78.4 Å². The Bertz CT molecular complexity index is 1750. The van der Waals surface area contributed by atoms with Crippen LogP contribution in [0.4, 0.5) is 0 Å². The highest BCUT2D eigenvalue weighted by atomic mass is 35.5. The molecule has 1 unspecified atom stereocenters. The summed E-state index contributed by atoms with van der Waals surface area (Å²) in [5, 5.41) is 23.1. The van der Waals surface area contributed by atoms with Gasteiger partial charge in [0.1, 0.15) is 6.10 Å². The number of carbonyl (C=O) groups excluding carboxylic acids is 2. The van der Waals surface area contributed by atoms with Gasteiger partial charge in [0, 0.05) is 48.5 Å². The zero-order valence-electron chi connectivity index (χ0n) is 37.0. The molecule has 2 N–H and O–H groups in total. The summed E-state index contributed by atoms with van der Waals surface area (Å²) in [4.78, 5) is 43.8. The molecule has 0 aliphatic heterocycles. The molecule has 0 bridgehead atoms. The van der Waals surface area contributed by atoms with Gasteiger partial charge >= 0.3 is 11.9 Å². The zero-order valence-corrected chi connectivity index (χ0v) is 37.7. The molecule has 1 aromatic carbocycles. The lowest BCUT2D eigenvalue weighted by Gasteiger charge is -2.72. The van der Waals surface area contributed by atoms with Gasteiger partial charge < -0.3 is 19.8 Å². The van der Waals surface area contributed by atoms with Crippen LogP contribution in [0.1, 0.15) is 132 Å². The molecule has 5 aliphatic rings. The van der Waals surface area contributed by atoms with Crippen molar-refractivity contribution in [3.05, 3.63) is 46.0 Å². The molecule has 1 aromatic rings. The molecule has 0 amide bonds. The Balaban J connectivity index is 1.29. The first-order valence-corrected chi connectivity index (χ1v) is 22.3. The van der Waals surface area contributed by atoms with Crippen LogP contribution in [0.3, 0.4) is 0 Å². The number of nitrogens with zero attached hydrogens (tertiary/aromatic N) is 2. The van der Waals surface area contributed by atoms with Crippen molar-refractivity contribution >= 4 is 29.3 Å². The molecule has 318 valence electrons. The maximum Gasteiger partial charge on any atom is 0.309 e. The Morgan fingerprint density at radius 2 is 1.61 bits per heavy atom. The molecular formula is C48H73ClN2O6.